The molecule has 0 fully saturated rings. The number of hydrogen-bond donors (Lipinski definition) is 2. The monoisotopic (exact) mass is 472 g/mol. The Balaban J connectivity index is 5.17. The summed E-state index contributed by atoms with van der Waals surface area (Å²) in [6.07, 6.45) is 1.22. The van der Waals surface area contributed by atoms with Crippen LogP contribution in [0, 0.1) is 0 Å². The molecular formula is C17H40N2O9Si2. The van der Waals surface area contributed by atoms with E-state index in [1.165, 1.54) is 4.90 Å². The van der Waals surface area contributed by atoms with Crippen LogP contribution in [0.4, 0.5) is 4.79 Å². The average Bonchev–Trinajstić information content (AvgIpc) is 2.78. The molecule has 30 heavy (non-hydrogen) atoms. The molecule has 0 aromatic rings. The molecule has 11 nitrogen and oxygen atoms in total. The van der Waals surface area contributed by atoms with Crippen LogP contribution in [0.5, 0.6) is 0 Å². The molecule has 0 aliphatic rings. The highest BCUT2D eigenvalue weighted by Crippen LogP contribution is 2.18. The van der Waals surface area contributed by atoms with Crippen LogP contribution in [-0.2, 0) is 26.6 Å². The van der Waals surface area contributed by atoms with Crippen LogP contribution in [0.2, 0.25) is 12.1 Å². The number of amides is 2. The SMILES string of the molecule is CO[Si](CCCN(CCC[Si](OC)(OC)OC)C(=O)N(CCO)CCO)(OC)OC. The minimum absolute atomic E-state index is 0.149. The highest BCUT2D eigenvalue weighted by molar-refractivity contribution is 6.60. The van der Waals surface area contributed by atoms with Gasteiger partial charge < -0.3 is 46.6 Å². The van der Waals surface area contributed by atoms with E-state index in [1.807, 2.05) is 0 Å². The minimum atomic E-state index is -2.74. The largest absolute Gasteiger partial charge is 0.500 e. The van der Waals surface area contributed by atoms with Crippen molar-refractivity contribution in [3.05, 3.63) is 0 Å². The fourth-order valence-corrected chi connectivity index (χ4v) is 6.54. The van der Waals surface area contributed by atoms with E-state index in [-0.39, 0.29) is 32.3 Å². The fraction of sp³-hybridized carbons (Fsp3) is 0.941. The van der Waals surface area contributed by atoms with Gasteiger partial charge in [0.2, 0.25) is 0 Å². The number of urea groups is 1. The highest BCUT2D eigenvalue weighted by Gasteiger charge is 2.39. The first kappa shape index (κ1) is 29.4. The van der Waals surface area contributed by atoms with Gasteiger partial charge in [-0.05, 0) is 12.8 Å². The zero-order valence-electron chi connectivity index (χ0n) is 19.2. The molecule has 180 valence electrons. The van der Waals surface area contributed by atoms with Crippen LogP contribution in [-0.4, -0.2) is 126 Å². The standard InChI is InChI=1S/C17H40N2O9Si2/c1-23-29(24-2,25-3)15-7-9-18(17(22)19(11-13-20)12-14-21)10-8-16-30(26-4,27-5)28-6/h20-21H,7-16H2,1-6H3. The molecule has 0 bridgehead atoms. The topological polar surface area (TPSA) is 119 Å². The van der Waals surface area contributed by atoms with Gasteiger partial charge in [-0.2, -0.15) is 0 Å². The lowest BCUT2D eigenvalue weighted by Gasteiger charge is -2.32. The van der Waals surface area contributed by atoms with E-state index in [2.05, 4.69) is 0 Å². The second kappa shape index (κ2) is 16.1. The number of hydrogen-bond acceptors (Lipinski definition) is 9. The second-order valence-electron chi connectivity index (χ2n) is 6.50. The molecule has 0 saturated heterocycles. The lowest BCUT2D eigenvalue weighted by Crippen LogP contribution is -2.48. The van der Waals surface area contributed by atoms with Crippen LogP contribution >= 0.6 is 0 Å². The van der Waals surface area contributed by atoms with Gasteiger partial charge in [-0.25, -0.2) is 4.79 Å². The lowest BCUT2D eigenvalue weighted by molar-refractivity contribution is 0.113. The van der Waals surface area contributed by atoms with E-state index in [0.717, 1.165) is 0 Å². The Morgan fingerprint density at radius 2 is 0.933 bits per heavy atom. The summed E-state index contributed by atoms with van der Waals surface area (Å²) < 4.78 is 32.7. The summed E-state index contributed by atoms with van der Waals surface area (Å²) in [5.41, 5.74) is 0. The van der Waals surface area contributed by atoms with Gasteiger partial charge in [-0.15, -0.1) is 0 Å². The van der Waals surface area contributed by atoms with Gasteiger partial charge in [-0.3, -0.25) is 0 Å². The van der Waals surface area contributed by atoms with E-state index >= 15 is 0 Å². The first-order valence-corrected chi connectivity index (χ1v) is 13.8. The molecular weight excluding hydrogens is 432 g/mol. The average molecular weight is 473 g/mol. The van der Waals surface area contributed by atoms with Crippen LogP contribution in [0.25, 0.3) is 0 Å². The van der Waals surface area contributed by atoms with Crippen molar-refractivity contribution in [2.75, 3.05) is 82.1 Å². The number of carbonyl (C=O) groups excluding carboxylic acids is 1. The van der Waals surface area contributed by atoms with Gasteiger partial charge in [0.25, 0.3) is 0 Å². The predicted octanol–water partition coefficient (Wildman–Crippen LogP) is 0.231. The molecule has 0 aromatic carbocycles. The van der Waals surface area contributed by atoms with Gasteiger partial charge >= 0.3 is 23.6 Å². The van der Waals surface area contributed by atoms with Crippen LogP contribution < -0.4 is 0 Å². The van der Waals surface area contributed by atoms with Crippen molar-refractivity contribution in [2.45, 2.75) is 24.9 Å². The molecule has 0 aromatic heterocycles. The molecule has 0 spiro atoms. The summed E-state index contributed by atoms with van der Waals surface area (Å²) >= 11 is 0. The molecule has 0 radical (unpaired) electrons. The van der Waals surface area contributed by atoms with E-state index in [0.29, 0.717) is 38.0 Å². The molecule has 13 heteroatoms. The molecule has 0 atom stereocenters. The van der Waals surface area contributed by atoms with E-state index < -0.39 is 17.6 Å². The summed E-state index contributed by atoms with van der Waals surface area (Å²) in [5, 5.41) is 18.5. The van der Waals surface area contributed by atoms with Gasteiger partial charge in [0.15, 0.2) is 0 Å². The molecule has 0 unspecified atom stereocenters. The quantitative estimate of drug-likeness (QED) is 0.270. The van der Waals surface area contributed by atoms with Crippen molar-refractivity contribution in [1.29, 1.82) is 0 Å². The Morgan fingerprint density at radius 1 is 0.633 bits per heavy atom. The van der Waals surface area contributed by atoms with Gasteiger partial charge in [0, 0.05) is 80.9 Å². The zero-order chi connectivity index (χ0) is 23.0. The van der Waals surface area contributed by atoms with E-state index in [4.69, 9.17) is 26.6 Å². The summed E-state index contributed by atoms with van der Waals surface area (Å²) in [6.45, 7) is 0.821. The summed E-state index contributed by atoms with van der Waals surface area (Å²) in [5.74, 6) is 0. The zero-order valence-corrected chi connectivity index (χ0v) is 21.2. The molecule has 0 aliphatic carbocycles. The lowest BCUT2D eigenvalue weighted by atomic mass is 10.3. The Bertz CT molecular complexity index is 406. The van der Waals surface area contributed by atoms with Crippen LogP contribution in [0.1, 0.15) is 12.8 Å². The highest BCUT2D eigenvalue weighted by atomic mass is 28.4. The second-order valence-corrected chi connectivity index (χ2v) is 12.7. The normalized spacial score (nSPS) is 12.3. The fourth-order valence-electron chi connectivity index (χ4n) is 3.13. The maximum atomic E-state index is 13.0. The maximum absolute atomic E-state index is 13.0. The number of aliphatic hydroxyl groups is 2. The summed E-state index contributed by atoms with van der Waals surface area (Å²) in [6, 6.07) is 0.845. The molecule has 0 heterocycles. The smallest absolute Gasteiger partial charge is 0.395 e. The third-order valence-corrected chi connectivity index (χ3v) is 10.6. The maximum Gasteiger partial charge on any atom is 0.500 e. The van der Waals surface area contributed by atoms with Gasteiger partial charge in [-0.1, -0.05) is 0 Å². The number of aliphatic hydroxyl groups excluding tert-OH is 2. The third kappa shape index (κ3) is 9.25. The first-order valence-electron chi connectivity index (χ1n) is 9.93. The van der Waals surface area contributed by atoms with E-state index in [1.54, 1.807) is 47.6 Å². The molecule has 0 rings (SSSR count). The van der Waals surface area contributed by atoms with Crippen LogP contribution in [0.3, 0.4) is 0 Å². The predicted molar refractivity (Wildman–Crippen MR) is 115 cm³/mol. The van der Waals surface area contributed by atoms with E-state index in [9.17, 15) is 15.0 Å². The molecule has 0 aliphatic heterocycles. The van der Waals surface area contributed by atoms with Crippen molar-refractivity contribution in [1.82, 2.24) is 9.80 Å². The molecule has 2 N–H and O–H groups in total. The summed E-state index contributed by atoms with van der Waals surface area (Å²) in [7, 11) is 3.83. The third-order valence-electron chi connectivity index (χ3n) is 4.97. The van der Waals surface area contributed by atoms with Crippen LogP contribution in [0.15, 0.2) is 0 Å². The summed E-state index contributed by atoms with van der Waals surface area (Å²) in [4.78, 5) is 16.1. The Morgan fingerprint density at radius 3 is 1.20 bits per heavy atom. The van der Waals surface area contributed by atoms with Crippen molar-refractivity contribution < 1.29 is 41.6 Å². The first-order chi connectivity index (χ1) is 14.4. The Kier molecular flexibility index (Phi) is 15.7. The number of carbonyl (C=O) groups is 1. The van der Waals surface area contributed by atoms with Crippen molar-refractivity contribution >= 4 is 23.6 Å². The van der Waals surface area contributed by atoms with Gasteiger partial charge in [0.1, 0.15) is 0 Å². The number of rotatable bonds is 18. The van der Waals surface area contributed by atoms with Crippen molar-refractivity contribution in [3.8, 4) is 0 Å². The Labute approximate surface area is 182 Å². The molecule has 0 saturated carbocycles. The molecule has 2 amide bonds. The van der Waals surface area contributed by atoms with Gasteiger partial charge in [0.05, 0.1) is 13.2 Å². The minimum Gasteiger partial charge on any atom is -0.395 e. The van der Waals surface area contributed by atoms with Crippen molar-refractivity contribution in [2.24, 2.45) is 0 Å². The Hall–Kier alpha value is -0.616. The van der Waals surface area contributed by atoms with Crippen molar-refractivity contribution in [3.63, 3.8) is 0 Å². The number of nitrogens with zero attached hydrogens (tertiary/aromatic N) is 2.